The first-order valence-electron chi connectivity index (χ1n) is 11.3. The van der Waals surface area contributed by atoms with Gasteiger partial charge in [0.15, 0.2) is 12.4 Å². The number of amides is 2. The molecule has 0 atom stereocenters. The van der Waals surface area contributed by atoms with Crippen molar-refractivity contribution in [2.75, 3.05) is 6.54 Å². The third-order valence-electron chi connectivity index (χ3n) is 5.96. The second kappa shape index (κ2) is 8.85. The molecule has 1 aliphatic rings. The van der Waals surface area contributed by atoms with Crippen molar-refractivity contribution in [2.24, 2.45) is 5.92 Å². The first-order chi connectivity index (χ1) is 16.1. The normalized spacial score (nSPS) is 14.1. The lowest BCUT2D eigenvalue weighted by Gasteiger charge is -2.17. The van der Waals surface area contributed by atoms with Crippen LogP contribution in [-0.2, 0) is 16.0 Å². The summed E-state index contributed by atoms with van der Waals surface area (Å²) in [7, 11) is 0. The standard InChI is InChI=1S/C26H27FN4O3/c1-6-20-21(25(33)31(28-20)19-9-7-18(27)8-10-19)22-23(29-12-11-16(4)17(5)14-29)26(34)30(24(22)32)13-15(2)3/h7-12,14-15H,6,13H2,1-5H3. The van der Waals surface area contributed by atoms with Crippen molar-refractivity contribution in [1.29, 1.82) is 0 Å². The molecular formula is C26H27FN4O3. The van der Waals surface area contributed by atoms with Gasteiger partial charge in [-0.2, -0.15) is 9.67 Å². The summed E-state index contributed by atoms with van der Waals surface area (Å²) in [6.07, 6.45) is 3.89. The number of imide groups is 1. The topological polar surface area (TPSA) is 82.1 Å². The van der Waals surface area contributed by atoms with Crippen LogP contribution in [0, 0.1) is 25.6 Å². The quantitative estimate of drug-likeness (QED) is 0.417. The maximum atomic E-state index is 13.6. The van der Waals surface area contributed by atoms with E-state index in [1.807, 2.05) is 40.7 Å². The molecule has 0 saturated carbocycles. The summed E-state index contributed by atoms with van der Waals surface area (Å²) in [5, 5.41) is 18.0. The Labute approximate surface area is 197 Å². The van der Waals surface area contributed by atoms with Crippen molar-refractivity contribution in [3.63, 3.8) is 0 Å². The van der Waals surface area contributed by atoms with Crippen LogP contribution in [0.3, 0.4) is 0 Å². The second-order valence-electron chi connectivity index (χ2n) is 8.93. The van der Waals surface area contributed by atoms with Gasteiger partial charge < -0.3 is 5.11 Å². The van der Waals surface area contributed by atoms with Gasteiger partial charge in [0, 0.05) is 23.7 Å². The van der Waals surface area contributed by atoms with Crippen LogP contribution in [0.1, 0.15) is 43.2 Å². The molecule has 2 aromatic heterocycles. The lowest BCUT2D eigenvalue weighted by atomic mass is 10.0. The average molecular weight is 463 g/mol. The van der Waals surface area contributed by atoms with Crippen LogP contribution >= 0.6 is 0 Å². The van der Waals surface area contributed by atoms with E-state index in [0.717, 1.165) is 15.8 Å². The van der Waals surface area contributed by atoms with Crippen LogP contribution in [-0.4, -0.2) is 33.0 Å². The molecule has 7 nitrogen and oxygen atoms in total. The third-order valence-corrected chi connectivity index (χ3v) is 5.96. The van der Waals surface area contributed by atoms with Crippen LogP contribution in [0.4, 0.5) is 4.39 Å². The lowest BCUT2D eigenvalue weighted by Crippen LogP contribution is -2.41. The van der Waals surface area contributed by atoms with Gasteiger partial charge in [0.1, 0.15) is 11.4 Å². The van der Waals surface area contributed by atoms with Gasteiger partial charge >= 0.3 is 5.91 Å². The number of halogens is 1. The Hall–Kier alpha value is -3.81. The van der Waals surface area contributed by atoms with E-state index in [0.29, 0.717) is 17.8 Å². The fourth-order valence-corrected chi connectivity index (χ4v) is 4.08. The average Bonchev–Trinajstić information content (AvgIpc) is 3.24. The van der Waals surface area contributed by atoms with E-state index in [9.17, 15) is 19.1 Å². The van der Waals surface area contributed by atoms with Gasteiger partial charge in [0.2, 0.25) is 0 Å². The van der Waals surface area contributed by atoms with Crippen molar-refractivity contribution < 1.29 is 23.7 Å². The molecule has 1 aromatic carbocycles. The largest absolute Gasteiger partial charge is 0.858 e. The molecule has 0 bridgehead atoms. The SMILES string of the molecule is CCc1nn(-c2ccc(F)cc2)c([O-])c1C1=C([n+]2ccc(C)c(C)c2)C(=O)N(CC(C)C)C1=O. The molecule has 2 amide bonds. The van der Waals surface area contributed by atoms with Gasteiger partial charge in [-0.15, -0.1) is 0 Å². The van der Waals surface area contributed by atoms with Crippen LogP contribution in [0.15, 0.2) is 42.7 Å². The number of rotatable bonds is 6. The van der Waals surface area contributed by atoms with E-state index < -0.39 is 23.5 Å². The number of carbonyl (C=O) groups is 2. The highest BCUT2D eigenvalue weighted by atomic mass is 19.1. The zero-order valence-electron chi connectivity index (χ0n) is 19.9. The predicted molar refractivity (Wildman–Crippen MR) is 123 cm³/mol. The Morgan fingerprint density at radius 3 is 2.32 bits per heavy atom. The Kier molecular flexibility index (Phi) is 6.08. The number of hydrogen-bond acceptors (Lipinski definition) is 4. The molecule has 8 heteroatoms. The second-order valence-corrected chi connectivity index (χ2v) is 8.93. The monoisotopic (exact) mass is 462 g/mol. The van der Waals surface area contributed by atoms with Crippen LogP contribution in [0.2, 0.25) is 0 Å². The molecule has 0 aliphatic carbocycles. The predicted octanol–water partition coefficient (Wildman–Crippen LogP) is 2.94. The number of nitrogens with zero attached hydrogens (tertiary/aromatic N) is 4. The summed E-state index contributed by atoms with van der Waals surface area (Å²) >= 11 is 0. The molecule has 34 heavy (non-hydrogen) atoms. The van der Waals surface area contributed by atoms with E-state index in [-0.39, 0.29) is 29.3 Å². The summed E-state index contributed by atoms with van der Waals surface area (Å²) in [4.78, 5) is 28.3. The third kappa shape index (κ3) is 3.89. The molecule has 0 N–H and O–H groups in total. The summed E-state index contributed by atoms with van der Waals surface area (Å²) < 4.78 is 16.2. The zero-order valence-corrected chi connectivity index (χ0v) is 19.9. The highest BCUT2D eigenvalue weighted by Gasteiger charge is 2.46. The highest BCUT2D eigenvalue weighted by Crippen LogP contribution is 2.37. The molecule has 176 valence electrons. The number of pyridine rings is 1. The van der Waals surface area contributed by atoms with Crippen molar-refractivity contribution in [2.45, 2.75) is 41.0 Å². The van der Waals surface area contributed by atoms with Crippen LogP contribution in [0.5, 0.6) is 5.88 Å². The molecule has 0 saturated heterocycles. The lowest BCUT2D eigenvalue weighted by molar-refractivity contribution is -0.577. The van der Waals surface area contributed by atoms with Gasteiger partial charge in [-0.1, -0.05) is 20.8 Å². The molecule has 0 fully saturated rings. The minimum atomic E-state index is -0.520. The van der Waals surface area contributed by atoms with Crippen molar-refractivity contribution >= 4 is 23.1 Å². The molecule has 1 aliphatic heterocycles. The fraction of sp³-hybridized carbons (Fsp3) is 0.308. The number of aromatic nitrogens is 3. The Balaban J connectivity index is 1.99. The molecule has 4 rings (SSSR count). The maximum absolute atomic E-state index is 13.6. The smallest absolute Gasteiger partial charge is 0.326 e. The molecule has 0 radical (unpaired) electrons. The number of benzene rings is 1. The van der Waals surface area contributed by atoms with E-state index in [1.54, 1.807) is 17.0 Å². The fourth-order valence-electron chi connectivity index (χ4n) is 4.08. The van der Waals surface area contributed by atoms with Crippen molar-refractivity contribution in [3.8, 4) is 11.6 Å². The van der Waals surface area contributed by atoms with Gasteiger partial charge in [0.25, 0.3) is 11.6 Å². The molecule has 0 spiro atoms. The zero-order chi connectivity index (χ0) is 24.7. The van der Waals surface area contributed by atoms with Gasteiger partial charge in [-0.25, -0.2) is 9.07 Å². The molecule has 3 aromatic rings. The van der Waals surface area contributed by atoms with Crippen molar-refractivity contribution in [1.82, 2.24) is 14.7 Å². The number of aryl methyl sites for hydroxylation is 3. The van der Waals surface area contributed by atoms with Gasteiger partial charge in [-0.3, -0.25) is 14.5 Å². The van der Waals surface area contributed by atoms with E-state index in [1.165, 1.54) is 29.2 Å². The summed E-state index contributed by atoms with van der Waals surface area (Å²) in [5.74, 6) is -1.86. The van der Waals surface area contributed by atoms with Gasteiger partial charge in [0.05, 0.1) is 11.4 Å². The number of carbonyl (C=O) groups excluding carboxylic acids is 2. The summed E-state index contributed by atoms with van der Waals surface area (Å²) in [6.45, 7) is 9.78. The Bertz CT molecular complexity index is 1320. The summed E-state index contributed by atoms with van der Waals surface area (Å²) in [5.41, 5.74) is 3.06. The van der Waals surface area contributed by atoms with E-state index in [4.69, 9.17) is 0 Å². The summed E-state index contributed by atoms with van der Waals surface area (Å²) in [6, 6.07) is 7.25. The highest BCUT2D eigenvalue weighted by molar-refractivity contribution is 6.44. The first kappa shape index (κ1) is 23.4. The minimum Gasteiger partial charge on any atom is -0.858 e. The molecule has 0 unspecified atom stereocenters. The van der Waals surface area contributed by atoms with Crippen LogP contribution in [0.25, 0.3) is 17.0 Å². The molecule has 3 heterocycles. The first-order valence-corrected chi connectivity index (χ1v) is 11.3. The van der Waals surface area contributed by atoms with Crippen molar-refractivity contribution in [3.05, 3.63) is 70.9 Å². The van der Waals surface area contributed by atoms with Gasteiger partial charge in [-0.05, 0) is 61.9 Å². The van der Waals surface area contributed by atoms with E-state index >= 15 is 0 Å². The molecular weight excluding hydrogens is 435 g/mol. The van der Waals surface area contributed by atoms with E-state index in [2.05, 4.69) is 5.10 Å². The Morgan fingerprint density at radius 1 is 1.06 bits per heavy atom. The Morgan fingerprint density at radius 2 is 1.74 bits per heavy atom. The minimum absolute atomic E-state index is 0.0501. The van der Waals surface area contributed by atoms with Crippen LogP contribution < -0.4 is 9.67 Å². The maximum Gasteiger partial charge on any atom is 0.326 e. The number of hydrogen-bond donors (Lipinski definition) is 0.